The maximum atomic E-state index is 13.1. The van der Waals surface area contributed by atoms with E-state index in [2.05, 4.69) is 40.5 Å². The van der Waals surface area contributed by atoms with Gasteiger partial charge in [0.15, 0.2) is 24.1 Å². The van der Waals surface area contributed by atoms with E-state index >= 15 is 0 Å². The minimum absolute atomic E-state index is 0.0308. The number of carboxylic acids is 1. The number of amides is 2. The Balaban J connectivity index is 1.30. The highest BCUT2D eigenvalue weighted by atomic mass is 32.2. The topological polar surface area (TPSA) is 218 Å². The molecule has 2 amide bonds. The number of aromatic amines is 1. The monoisotopic (exact) mass is 604 g/mol. The molecule has 1 unspecified atom stereocenters. The third-order valence-electron chi connectivity index (χ3n) is 5.68. The maximum Gasteiger partial charge on any atom is 0.352 e. The minimum Gasteiger partial charge on any atom is -0.477 e. The normalized spacial score (nSPS) is 18.8. The second-order valence-electron chi connectivity index (χ2n) is 8.30. The van der Waals surface area contributed by atoms with Gasteiger partial charge in [-0.15, -0.1) is 22.0 Å². The van der Waals surface area contributed by atoms with E-state index < -0.39 is 29.2 Å². The van der Waals surface area contributed by atoms with Crippen LogP contribution < -0.4 is 15.6 Å². The molecule has 40 heavy (non-hydrogen) atoms. The zero-order chi connectivity index (χ0) is 28.2. The van der Waals surface area contributed by atoms with Gasteiger partial charge in [-0.1, -0.05) is 16.9 Å². The second kappa shape index (κ2) is 12.0. The first kappa shape index (κ1) is 27.5. The van der Waals surface area contributed by atoms with Crippen molar-refractivity contribution in [2.75, 3.05) is 18.1 Å². The van der Waals surface area contributed by atoms with Gasteiger partial charge in [0.05, 0.1) is 0 Å². The summed E-state index contributed by atoms with van der Waals surface area (Å²) in [5.74, 6) is -1.59. The number of fused-ring (bicyclic) bond motifs is 1. The summed E-state index contributed by atoms with van der Waals surface area (Å²) in [6, 6.07) is 2.83. The van der Waals surface area contributed by atoms with Crippen molar-refractivity contribution in [3.63, 3.8) is 0 Å². The molecule has 3 aromatic rings. The summed E-state index contributed by atoms with van der Waals surface area (Å²) in [6.07, 6.45) is 3.72. The lowest BCUT2D eigenvalue weighted by Crippen LogP contribution is -2.71. The molecular weight excluding hydrogens is 583 g/mol. The SMILES string of the molecule is CCON=C(C(=O)NC1C(=O)N2C(C(=O)O)=C(C[n+]3cccc(CSc4nn[nH]n4)c3)CS[C@@H]12)c1nsc(N)n1. The van der Waals surface area contributed by atoms with Gasteiger partial charge in [-0.25, -0.2) is 9.36 Å². The molecule has 208 valence electrons. The number of hydrogen-bond donors (Lipinski definition) is 4. The van der Waals surface area contributed by atoms with Gasteiger partial charge in [-0.2, -0.15) is 14.6 Å². The molecule has 16 nitrogen and oxygen atoms in total. The summed E-state index contributed by atoms with van der Waals surface area (Å²) >= 11 is 3.65. The predicted octanol–water partition coefficient (Wildman–Crippen LogP) is -0.607. The molecule has 19 heteroatoms. The van der Waals surface area contributed by atoms with Crippen LogP contribution in [0.2, 0.25) is 0 Å². The number of aromatic nitrogens is 7. The Morgan fingerprint density at radius 1 is 1.45 bits per heavy atom. The summed E-state index contributed by atoms with van der Waals surface area (Å²) < 4.78 is 5.85. The summed E-state index contributed by atoms with van der Waals surface area (Å²) in [5.41, 5.74) is 6.85. The summed E-state index contributed by atoms with van der Waals surface area (Å²) in [5, 5.41) is 30.2. The second-order valence-corrected chi connectivity index (χ2v) is 11.1. The molecule has 0 radical (unpaired) electrons. The van der Waals surface area contributed by atoms with Crippen molar-refractivity contribution >= 4 is 63.7 Å². The number of nitrogens with zero attached hydrogens (tertiary/aromatic N) is 8. The van der Waals surface area contributed by atoms with E-state index in [4.69, 9.17) is 10.6 Å². The molecule has 0 bridgehead atoms. The van der Waals surface area contributed by atoms with E-state index in [9.17, 15) is 19.5 Å². The number of oxime groups is 1. The fourth-order valence-corrected chi connectivity index (χ4v) is 6.44. The Bertz CT molecular complexity index is 1490. The lowest BCUT2D eigenvalue weighted by atomic mass is 10.0. The van der Waals surface area contributed by atoms with E-state index in [-0.39, 0.29) is 35.5 Å². The molecule has 5 heterocycles. The smallest absolute Gasteiger partial charge is 0.352 e. The number of pyridine rings is 1. The molecule has 3 aromatic heterocycles. The lowest BCUT2D eigenvalue weighted by molar-refractivity contribution is -0.689. The first-order valence-corrected chi connectivity index (χ1v) is 14.5. The molecule has 1 saturated heterocycles. The Hall–Kier alpha value is -4.10. The Morgan fingerprint density at radius 2 is 2.30 bits per heavy atom. The number of carbonyl (C=O) groups is 3. The van der Waals surface area contributed by atoms with Gasteiger partial charge in [0.2, 0.25) is 16.7 Å². The number of aliphatic carboxylic acids is 1. The van der Waals surface area contributed by atoms with E-state index in [1.54, 1.807) is 6.92 Å². The molecule has 5 N–H and O–H groups in total. The van der Waals surface area contributed by atoms with E-state index in [0.717, 1.165) is 17.1 Å². The van der Waals surface area contributed by atoms with Crippen LogP contribution >= 0.6 is 35.1 Å². The van der Waals surface area contributed by atoms with Crippen molar-refractivity contribution in [1.82, 2.24) is 40.2 Å². The molecule has 5 rings (SSSR count). The first-order valence-electron chi connectivity index (χ1n) is 11.7. The van der Waals surface area contributed by atoms with Gasteiger partial charge < -0.3 is 21.0 Å². The van der Waals surface area contributed by atoms with Crippen LogP contribution in [-0.2, 0) is 31.5 Å². The van der Waals surface area contributed by atoms with Gasteiger partial charge in [0.25, 0.3) is 11.8 Å². The Kier molecular flexibility index (Phi) is 8.21. The molecule has 0 saturated carbocycles. The molecular formula is C21H22N11O5S3+. The highest BCUT2D eigenvalue weighted by Crippen LogP contribution is 2.40. The molecule has 0 spiro atoms. The summed E-state index contributed by atoms with van der Waals surface area (Å²) in [4.78, 5) is 48.6. The quantitative estimate of drug-likeness (QED) is 0.0707. The number of carbonyl (C=O) groups excluding carboxylic acids is 2. The van der Waals surface area contributed by atoms with Crippen molar-refractivity contribution in [1.29, 1.82) is 0 Å². The largest absolute Gasteiger partial charge is 0.477 e. The van der Waals surface area contributed by atoms with Gasteiger partial charge >= 0.3 is 5.97 Å². The van der Waals surface area contributed by atoms with Crippen LogP contribution in [0, 0.1) is 0 Å². The van der Waals surface area contributed by atoms with Gasteiger partial charge in [0.1, 0.15) is 23.7 Å². The molecule has 0 aromatic carbocycles. The highest BCUT2D eigenvalue weighted by molar-refractivity contribution is 8.00. The zero-order valence-electron chi connectivity index (χ0n) is 20.8. The average Bonchev–Trinajstić information content (AvgIpc) is 3.62. The van der Waals surface area contributed by atoms with Crippen LogP contribution in [0.1, 0.15) is 18.3 Å². The van der Waals surface area contributed by atoms with Crippen molar-refractivity contribution in [2.45, 2.75) is 35.8 Å². The van der Waals surface area contributed by atoms with Crippen molar-refractivity contribution in [3.05, 3.63) is 47.2 Å². The van der Waals surface area contributed by atoms with Crippen molar-refractivity contribution in [3.8, 4) is 0 Å². The minimum atomic E-state index is -1.22. The zero-order valence-corrected chi connectivity index (χ0v) is 23.2. The summed E-state index contributed by atoms with van der Waals surface area (Å²) in [7, 11) is 0. The van der Waals surface area contributed by atoms with Gasteiger partial charge in [0, 0.05) is 40.2 Å². The number of anilines is 1. The number of nitrogens with one attached hydrogen (secondary N) is 2. The molecule has 2 aliphatic rings. The molecule has 0 aliphatic carbocycles. The average molecular weight is 605 g/mol. The van der Waals surface area contributed by atoms with Crippen LogP contribution in [-0.4, -0.2) is 87.3 Å². The standard InChI is InChI=1S/C21H21N11O5S3/c1-2-37-27-12(15-24-20(22)40-28-15)16(33)23-13-17(34)32-14(19(35)36)11(9-38-18(13)32)7-31-5-3-4-10(6-31)8-39-21-25-29-30-26-21/h3-6,13,18H,2,7-9H2,1H3,(H4-,22,23,24,25,26,28,29,30,33,35,36)/p+1/t13?,18-/m0/s1. The number of nitrogens with two attached hydrogens (primary N) is 1. The maximum absolute atomic E-state index is 13.1. The third-order valence-corrected chi connectivity index (χ3v) is 8.47. The van der Waals surface area contributed by atoms with Crippen LogP contribution in [0.25, 0.3) is 0 Å². The number of nitrogen functional groups attached to an aromatic ring is 1. The van der Waals surface area contributed by atoms with Crippen molar-refractivity contribution in [2.24, 2.45) is 5.16 Å². The fourth-order valence-electron chi connectivity index (χ4n) is 4.00. The summed E-state index contributed by atoms with van der Waals surface area (Å²) in [6.45, 7) is 2.15. The fraction of sp³-hybridized carbons (Fsp3) is 0.333. The molecule has 1 fully saturated rings. The molecule has 2 atom stereocenters. The van der Waals surface area contributed by atoms with Gasteiger partial charge in [-0.05, 0) is 18.2 Å². The predicted molar refractivity (Wildman–Crippen MR) is 143 cm³/mol. The van der Waals surface area contributed by atoms with E-state index in [1.165, 1.54) is 28.4 Å². The number of β-lactam (4-membered cyclic amide) rings is 1. The van der Waals surface area contributed by atoms with E-state index in [0.29, 0.717) is 22.2 Å². The molecule has 2 aliphatic heterocycles. The third kappa shape index (κ3) is 5.75. The van der Waals surface area contributed by atoms with Crippen molar-refractivity contribution < 1.29 is 28.9 Å². The number of hydrogen-bond acceptors (Lipinski definition) is 14. The van der Waals surface area contributed by atoms with Crippen LogP contribution in [0.5, 0.6) is 0 Å². The number of thioether (sulfide) groups is 2. The Labute approximate surface area is 238 Å². The Morgan fingerprint density at radius 3 is 3.00 bits per heavy atom. The van der Waals surface area contributed by atoms with Gasteiger partial charge in [-0.3, -0.25) is 14.5 Å². The van der Waals surface area contributed by atoms with E-state index in [1.807, 2.05) is 29.1 Å². The lowest BCUT2D eigenvalue weighted by Gasteiger charge is -2.49. The number of carboxylic acid groups (broad SMARTS) is 1. The van der Waals surface area contributed by atoms with Crippen LogP contribution in [0.4, 0.5) is 5.13 Å². The first-order chi connectivity index (χ1) is 19.4. The van der Waals surface area contributed by atoms with Crippen LogP contribution in [0.3, 0.4) is 0 Å². The highest BCUT2D eigenvalue weighted by Gasteiger charge is 2.54. The number of tetrazole rings is 1. The number of H-pyrrole nitrogens is 1. The number of rotatable bonds is 11. The van der Waals surface area contributed by atoms with Crippen LogP contribution in [0.15, 0.2) is 46.1 Å².